The Bertz CT molecular complexity index is 842. The van der Waals surface area contributed by atoms with Gasteiger partial charge in [-0.1, -0.05) is 133 Å². The van der Waals surface area contributed by atoms with Gasteiger partial charge in [0.1, 0.15) is 0 Å². The summed E-state index contributed by atoms with van der Waals surface area (Å²) in [6, 6.07) is 18.6. The Balaban J connectivity index is 1.98. The second kappa shape index (κ2) is 14.4. The molecule has 0 bridgehead atoms. The molecule has 0 heterocycles. The second-order valence-corrected chi connectivity index (χ2v) is 10.2. The van der Waals surface area contributed by atoms with E-state index in [2.05, 4.69) is 69.3 Å². The van der Waals surface area contributed by atoms with Gasteiger partial charge in [0.2, 0.25) is 0 Å². The number of benzene rings is 2. The second-order valence-electron chi connectivity index (χ2n) is 10.2. The van der Waals surface area contributed by atoms with E-state index in [0.717, 1.165) is 0 Å². The van der Waals surface area contributed by atoms with E-state index in [-0.39, 0.29) is 0 Å². The predicted molar refractivity (Wildman–Crippen MR) is 147 cm³/mol. The van der Waals surface area contributed by atoms with Gasteiger partial charge >= 0.3 is 0 Å². The summed E-state index contributed by atoms with van der Waals surface area (Å²) in [6.07, 6.45) is 19.9. The minimum Gasteiger partial charge on any atom is -0.0654 e. The molecule has 0 fully saturated rings. The molecule has 0 spiro atoms. The third-order valence-electron chi connectivity index (χ3n) is 7.54. The van der Waals surface area contributed by atoms with Crippen molar-refractivity contribution in [3.05, 3.63) is 76.4 Å². The molecule has 33 heavy (non-hydrogen) atoms. The van der Waals surface area contributed by atoms with Crippen molar-refractivity contribution >= 4 is 5.57 Å². The molecule has 1 aliphatic rings. The molecule has 0 heteroatoms. The van der Waals surface area contributed by atoms with E-state index in [4.69, 9.17) is 0 Å². The van der Waals surface area contributed by atoms with Gasteiger partial charge in [0.25, 0.3) is 0 Å². The van der Waals surface area contributed by atoms with E-state index >= 15 is 0 Å². The summed E-state index contributed by atoms with van der Waals surface area (Å²) in [6.45, 7) is 6.96. The molecular weight excluding hydrogens is 396 g/mol. The van der Waals surface area contributed by atoms with Crippen molar-refractivity contribution < 1.29 is 0 Å². The first-order chi connectivity index (χ1) is 16.3. The first-order valence-corrected chi connectivity index (χ1v) is 14.2. The highest BCUT2D eigenvalue weighted by Gasteiger charge is 2.32. The van der Waals surface area contributed by atoms with Crippen molar-refractivity contribution in [1.82, 2.24) is 0 Å². The molecule has 3 rings (SSSR count). The zero-order valence-corrected chi connectivity index (χ0v) is 21.8. The van der Waals surface area contributed by atoms with Crippen molar-refractivity contribution in [2.45, 2.75) is 123 Å². The van der Waals surface area contributed by atoms with Crippen molar-refractivity contribution in [2.75, 3.05) is 0 Å². The van der Waals surface area contributed by atoms with E-state index in [1.807, 2.05) is 0 Å². The Morgan fingerprint density at radius 1 is 0.545 bits per heavy atom. The molecule has 2 aromatic carbocycles. The molecule has 2 aromatic rings. The van der Waals surface area contributed by atoms with Gasteiger partial charge in [-0.15, -0.1) is 0 Å². The molecule has 0 nitrogen and oxygen atoms in total. The lowest BCUT2D eigenvalue weighted by atomic mass is 9.85. The molecular formula is C33H48. The van der Waals surface area contributed by atoms with Crippen molar-refractivity contribution in [3.8, 4) is 0 Å². The lowest BCUT2D eigenvalue weighted by Crippen LogP contribution is -2.02. The van der Waals surface area contributed by atoms with E-state index in [0.29, 0.717) is 5.92 Å². The Morgan fingerprint density at radius 3 is 1.79 bits per heavy atom. The average Bonchev–Trinajstić information content (AvgIpc) is 3.16. The standard InChI is InChI=1S/C33H48/c1-4-7-10-14-20-28-23-19-26-31-32(27-21-15-13-16-22-27)29(24-17-11-8-5-2)30(33(28)31)25-18-12-9-6-3/h13,15-16,19,21-23,26,32H,4-12,14,17-18,20,24-25H2,1-3H3. The van der Waals surface area contributed by atoms with Crippen LogP contribution < -0.4 is 0 Å². The number of fused-ring (bicyclic) bond motifs is 1. The smallest absolute Gasteiger partial charge is 0.0311 e. The molecule has 0 N–H and O–H groups in total. The molecule has 0 amide bonds. The summed E-state index contributed by atoms with van der Waals surface area (Å²) in [5, 5.41) is 0. The first kappa shape index (κ1) is 25.8. The molecule has 0 aliphatic heterocycles. The van der Waals surface area contributed by atoms with Crippen molar-refractivity contribution in [2.24, 2.45) is 0 Å². The predicted octanol–water partition coefficient (Wildman–Crippen LogP) is 10.6. The minimum atomic E-state index is 0.472. The van der Waals surface area contributed by atoms with Gasteiger partial charge in [0.15, 0.2) is 0 Å². The number of unbranched alkanes of at least 4 members (excludes halogenated alkanes) is 9. The topological polar surface area (TPSA) is 0 Å². The average molecular weight is 445 g/mol. The molecule has 180 valence electrons. The maximum absolute atomic E-state index is 2.45. The lowest BCUT2D eigenvalue weighted by Gasteiger charge is -2.18. The lowest BCUT2D eigenvalue weighted by molar-refractivity contribution is 0.650. The summed E-state index contributed by atoms with van der Waals surface area (Å²) in [5.41, 5.74) is 9.87. The summed E-state index contributed by atoms with van der Waals surface area (Å²) in [7, 11) is 0. The van der Waals surface area contributed by atoms with Crippen LogP contribution in [0.15, 0.2) is 54.1 Å². The van der Waals surface area contributed by atoms with E-state index < -0.39 is 0 Å². The van der Waals surface area contributed by atoms with Gasteiger partial charge in [-0.05, 0) is 66.4 Å². The number of rotatable bonds is 16. The van der Waals surface area contributed by atoms with Crippen molar-refractivity contribution in [1.29, 1.82) is 0 Å². The van der Waals surface area contributed by atoms with E-state index in [9.17, 15) is 0 Å². The monoisotopic (exact) mass is 444 g/mol. The number of hydrogen-bond donors (Lipinski definition) is 0. The molecule has 0 saturated carbocycles. The molecule has 0 aromatic heterocycles. The van der Waals surface area contributed by atoms with Gasteiger partial charge < -0.3 is 0 Å². The Labute approximate surface area is 204 Å². The van der Waals surface area contributed by atoms with Crippen LogP contribution in [0.25, 0.3) is 5.57 Å². The highest BCUT2D eigenvalue weighted by atomic mass is 14.4. The van der Waals surface area contributed by atoms with Crippen LogP contribution in [0, 0.1) is 0 Å². The zero-order chi connectivity index (χ0) is 23.3. The Hall–Kier alpha value is -1.82. The highest BCUT2D eigenvalue weighted by Crippen LogP contribution is 2.50. The third kappa shape index (κ3) is 7.08. The SMILES string of the molecule is CCCCCCC1=C(CCCCCC)C(c2ccccc2)c2cccc(CCCCCC)c21. The summed E-state index contributed by atoms with van der Waals surface area (Å²) in [5.74, 6) is 0.472. The van der Waals surface area contributed by atoms with Crippen LogP contribution in [0.5, 0.6) is 0 Å². The fraction of sp³-hybridized carbons (Fsp3) is 0.576. The van der Waals surface area contributed by atoms with Gasteiger partial charge in [0, 0.05) is 5.92 Å². The molecule has 0 radical (unpaired) electrons. The maximum Gasteiger partial charge on any atom is 0.0311 e. The summed E-state index contributed by atoms with van der Waals surface area (Å²) < 4.78 is 0. The van der Waals surface area contributed by atoms with Crippen LogP contribution in [0.3, 0.4) is 0 Å². The summed E-state index contributed by atoms with van der Waals surface area (Å²) >= 11 is 0. The zero-order valence-electron chi connectivity index (χ0n) is 21.8. The van der Waals surface area contributed by atoms with Gasteiger partial charge in [-0.25, -0.2) is 0 Å². The van der Waals surface area contributed by atoms with Crippen LogP contribution in [0.1, 0.15) is 139 Å². The molecule has 1 atom stereocenters. The molecule has 0 saturated heterocycles. The number of allylic oxidation sites excluding steroid dienone is 2. The van der Waals surface area contributed by atoms with Crippen LogP contribution in [0.2, 0.25) is 0 Å². The number of hydrogen-bond acceptors (Lipinski definition) is 0. The molecule has 1 unspecified atom stereocenters. The van der Waals surface area contributed by atoms with Crippen LogP contribution in [0.4, 0.5) is 0 Å². The van der Waals surface area contributed by atoms with Gasteiger partial charge in [-0.2, -0.15) is 0 Å². The quantitative estimate of drug-likeness (QED) is 0.226. The maximum atomic E-state index is 2.45. The van der Waals surface area contributed by atoms with Crippen LogP contribution in [-0.2, 0) is 6.42 Å². The van der Waals surface area contributed by atoms with Crippen LogP contribution >= 0.6 is 0 Å². The first-order valence-electron chi connectivity index (χ1n) is 14.2. The normalized spacial score (nSPS) is 15.3. The molecule has 1 aliphatic carbocycles. The largest absolute Gasteiger partial charge is 0.0654 e. The van der Waals surface area contributed by atoms with Crippen molar-refractivity contribution in [3.63, 3.8) is 0 Å². The highest BCUT2D eigenvalue weighted by molar-refractivity contribution is 5.82. The fourth-order valence-corrected chi connectivity index (χ4v) is 5.78. The summed E-state index contributed by atoms with van der Waals surface area (Å²) in [4.78, 5) is 0. The van der Waals surface area contributed by atoms with Gasteiger partial charge in [-0.3, -0.25) is 0 Å². The van der Waals surface area contributed by atoms with E-state index in [1.54, 1.807) is 27.8 Å². The van der Waals surface area contributed by atoms with E-state index in [1.165, 1.54) is 102 Å². The van der Waals surface area contributed by atoms with Gasteiger partial charge in [0.05, 0.1) is 0 Å². The Morgan fingerprint density at radius 2 is 1.15 bits per heavy atom. The van der Waals surface area contributed by atoms with Crippen LogP contribution in [-0.4, -0.2) is 0 Å². The minimum absolute atomic E-state index is 0.472. The number of aryl methyl sites for hydroxylation is 1. The Kier molecular flexibility index (Phi) is 11.3. The fourth-order valence-electron chi connectivity index (χ4n) is 5.78. The third-order valence-corrected chi connectivity index (χ3v) is 7.54.